The van der Waals surface area contributed by atoms with Gasteiger partial charge in [-0.05, 0) is 36.6 Å². The highest BCUT2D eigenvalue weighted by molar-refractivity contribution is 7.60. The van der Waals surface area contributed by atoms with Crippen LogP contribution in [0.3, 0.4) is 0 Å². The van der Waals surface area contributed by atoms with Crippen molar-refractivity contribution in [2.75, 3.05) is 13.7 Å². The molecule has 30 heavy (non-hydrogen) atoms. The Morgan fingerprint density at radius 3 is 2.47 bits per heavy atom. The van der Waals surface area contributed by atoms with E-state index in [9.17, 15) is 9.36 Å². The number of methoxy groups -OCH3 is 1. The molecule has 0 saturated heterocycles. The number of hydrogen-bond acceptors (Lipinski definition) is 5. The van der Waals surface area contributed by atoms with E-state index in [4.69, 9.17) is 14.0 Å². The second-order valence-electron chi connectivity index (χ2n) is 7.25. The molecule has 1 N–H and O–H groups in total. The van der Waals surface area contributed by atoms with Gasteiger partial charge in [-0.3, -0.25) is 4.57 Å². The number of ether oxygens (including phenoxy) is 2. The van der Waals surface area contributed by atoms with E-state index in [1.807, 2.05) is 54.6 Å². The Labute approximate surface area is 177 Å². The molecular formula is C23H28NO5P. The van der Waals surface area contributed by atoms with Crippen molar-refractivity contribution in [2.24, 2.45) is 5.92 Å². The fourth-order valence-electron chi connectivity index (χ4n) is 3.59. The zero-order valence-electron chi connectivity index (χ0n) is 17.4. The van der Waals surface area contributed by atoms with Gasteiger partial charge in [-0.2, -0.15) is 0 Å². The smallest absolute Gasteiger partial charge is 0.408 e. The summed E-state index contributed by atoms with van der Waals surface area (Å²) in [5.41, 5.74) is 1.73. The van der Waals surface area contributed by atoms with E-state index in [1.54, 1.807) is 20.1 Å². The fourth-order valence-corrected chi connectivity index (χ4v) is 6.65. The van der Waals surface area contributed by atoms with Gasteiger partial charge in [0.1, 0.15) is 17.6 Å². The predicted molar refractivity (Wildman–Crippen MR) is 117 cm³/mol. The molecule has 0 spiro atoms. The van der Waals surface area contributed by atoms with Crippen molar-refractivity contribution in [1.82, 2.24) is 5.32 Å². The summed E-state index contributed by atoms with van der Waals surface area (Å²) in [7, 11) is -1.71. The van der Waals surface area contributed by atoms with Crippen LogP contribution in [0.25, 0.3) is 0 Å². The Hall–Kier alpha value is -2.56. The molecule has 1 amide bonds. The predicted octanol–water partition coefficient (Wildman–Crippen LogP) is 5.34. The highest BCUT2D eigenvalue weighted by Gasteiger charge is 2.66. The Balaban J connectivity index is 1.76. The van der Waals surface area contributed by atoms with Crippen molar-refractivity contribution >= 4 is 13.5 Å². The number of rotatable bonds is 10. The lowest BCUT2D eigenvalue weighted by atomic mass is 10.2. The largest absolute Gasteiger partial charge is 0.497 e. The third kappa shape index (κ3) is 4.77. The lowest BCUT2D eigenvalue weighted by molar-refractivity contribution is 0.136. The Bertz CT molecular complexity index is 915. The lowest BCUT2D eigenvalue weighted by Gasteiger charge is -2.29. The summed E-state index contributed by atoms with van der Waals surface area (Å²) in [5.74, 6) is 0.579. The average Bonchev–Trinajstić information content (AvgIpc) is 3.48. The number of nitrogens with one attached hydrogen (secondary N) is 1. The summed E-state index contributed by atoms with van der Waals surface area (Å²) in [4.78, 5) is 12.6. The van der Waals surface area contributed by atoms with Gasteiger partial charge in [0.2, 0.25) is 7.37 Å². The molecule has 160 valence electrons. The second-order valence-corrected chi connectivity index (χ2v) is 9.97. The van der Waals surface area contributed by atoms with Gasteiger partial charge < -0.3 is 19.3 Å². The molecule has 0 heterocycles. The third-order valence-corrected chi connectivity index (χ3v) is 8.59. The molecule has 0 bridgehead atoms. The molecule has 3 rings (SSSR count). The molecule has 2 aromatic carbocycles. The van der Waals surface area contributed by atoms with Crippen molar-refractivity contribution in [1.29, 1.82) is 0 Å². The van der Waals surface area contributed by atoms with Gasteiger partial charge in [-0.15, -0.1) is 6.58 Å². The Kier molecular flexibility index (Phi) is 7.01. The van der Waals surface area contributed by atoms with E-state index >= 15 is 0 Å². The number of hydrogen-bond donors (Lipinski definition) is 1. The van der Waals surface area contributed by atoms with Crippen LogP contribution in [-0.2, 0) is 26.6 Å². The molecule has 3 atom stereocenters. The van der Waals surface area contributed by atoms with E-state index in [0.29, 0.717) is 6.42 Å². The monoisotopic (exact) mass is 429 g/mol. The van der Waals surface area contributed by atoms with Crippen molar-refractivity contribution in [3.8, 4) is 5.75 Å². The normalized spacial score (nSPS) is 21.9. The first-order valence-corrected chi connectivity index (χ1v) is 11.8. The van der Waals surface area contributed by atoms with E-state index in [0.717, 1.165) is 16.9 Å². The Morgan fingerprint density at radius 2 is 1.90 bits per heavy atom. The van der Waals surface area contributed by atoms with Crippen LogP contribution in [-0.4, -0.2) is 25.1 Å². The maximum absolute atomic E-state index is 14.0. The quantitative estimate of drug-likeness (QED) is 0.408. The van der Waals surface area contributed by atoms with Crippen LogP contribution in [0.4, 0.5) is 4.79 Å². The molecule has 6 nitrogen and oxygen atoms in total. The first-order chi connectivity index (χ1) is 14.5. The number of alkyl carbamates (subject to hydrolysis) is 1. The highest BCUT2D eigenvalue weighted by atomic mass is 31.2. The maximum Gasteiger partial charge on any atom is 0.408 e. The highest BCUT2D eigenvalue weighted by Crippen LogP contribution is 2.73. The van der Waals surface area contributed by atoms with Crippen molar-refractivity contribution in [3.05, 3.63) is 78.4 Å². The van der Waals surface area contributed by atoms with E-state index in [2.05, 4.69) is 11.9 Å². The zero-order chi connectivity index (χ0) is 21.6. The molecule has 0 aliphatic heterocycles. The van der Waals surface area contributed by atoms with Gasteiger partial charge in [0.15, 0.2) is 0 Å². The number of carbonyl (C=O) groups excluding carboxylic acids is 1. The van der Waals surface area contributed by atoms with E-state index in [-0.39, 0.29) is 25.3 Å². The zero-order valence-corrected chi connectivity index (χ0v) is 18.3. The van der Waals surface area contributed by atoms with Crippen LogP contribution >= 0.6 is 7.37 Å². The summed E-state index contributed by atoms with van der Waals surface area (Å²) in [6.45, 7) is 6.05. The summed E-state index contributed by atoms with van der Waals surface area (Å²) < 4.78 is 30.4. The molecule has 1 unspecified atom stereocenters. The minimum Gasteiger partial charge on any atom is -0.497 e. The number of amides is 1. The van der Waals surface area contributed by atoms with Crippen LogP contribution in [0.15, 0.2) is 67.3 Å². The topological polar surface area (TPSA) is 73.9 Å². The Morgan fingerprint density at radius 1 is 1.20 bits per heavy atom. The van der Waals surface area contributed by atoms with Gasteiger partial charge in [-0.25, -0.2) is 4.79 Å². The maximum atomic E-state index is 14.0. The minimum absolute atomic E-state index is 0.138. The van der Waals surface area contributed by atoms with Gasteiger partial charge in [0.05, 0.1) is 19.9 Å². The van der Waals surface area contributed by atoms with Crippen LogP contribution in [0.1, 0.15) is 24.5 Å². The van der Waals surface area contributed by atoms with Gasteiger partial charge in [0.25, 0.3) is 0 Å². The van der Waals surface area contributed by atoms with Crippen LogP contribution in [0.5, 0.6) is 5.75 Å². The lowest BCUT2D eigenvalue weighted by Crippen LogP contribution is -2.39. The molecule has 1 saturated carbocycles. The first kappa shape index (κ1) is 22.1. The van der Waals surface area contributed by atoms with Crippen LogP contribution in [0, 0.1) is 5.92 Å². The summed E-state index contributed by atoms with van der Waals surface area (Å²) in [6, 6.07) is 16.8. The van der Waals surface area contributed by atoms with Crippen molar-refractivity contribution < 1.29 is 23.4 Å². The molecule has 1 fully saturated rings. The summed E-state index contributed by atoms with van der Waals surface area (Å²) in [5, 5.41) is 1.86. The molecule has 7 heteroatoms. The SMILES string of the molecule is C=C[C@@H]1C[C@]1(NC(=O)OCc1ccccc1)P(=O)(Cc1ccc(OC)cc1)OCC. The molecule has 0 radical (unpaired) electrons. The average molecular weight is 429 g/mol. The van der Waals surface area contributed by atoms with E-state index in [1.165, 1.54) is 0 Å². The minimum atomic E-state index is -3.30. The van der Waals surface area contributed by atoms with E-state index < -0.39 is 18.7 Å². The summed E-state index contributed by atoms with van der Waals surface area (Å²) >= 11 is 0. The molecule has 2 aromatic rings. The van der Waals surface area contributed by atoms with Crippen molar-refractivity contribution in [3.63, 3.8) is 0 Å². The van der Waals surface area contributed by atoms with Crippen LogP contribution in [0.2, 0.25) is 0 Å². The van der Waals surface area contributed by atoms with Crippen LogP contribution < -0.4 is 10.1 Å². The van der Waals surface area contributed by atoms with Gasteiger partial charge in [-0.1, -0.05) is 48.5 Å². The molecule has 1 aliphatic carbocycles. The molecule has 0 aromatic heterocycles. The van der Waals surface area contributed by atoms with Gasteiger partial charge >= 0.3 is 6.09 Å². The third-order valence-electron chi connectivity index (χ3n) is 5.30. The van der Waals surface area contributed by atoms with Gasteiger partial charge in [0, 0.05) is 5.92 Å². The standard InChI is InChI=1S/C23H28NO5P/c1-4-20-15-23(20,24-22(25)28-16-18-9-7-6-8-10-18)30(26,29-5-2)17-19-11-13-21(27-3)14-12-19/h4,6-14,20H,1,5,15-17H2,2-3H3,(H,24,25)/t20-,23+,30?/m1/s1. The first-order valence-electron chi connectivity index (χ1n) is 9.94. The molecular weight excluding hydrogens is 401 g/mol. The second kappa shape index (κ2) is 9.50. The summed E-state index contributed by atoms with van der Waals surface area (Å²) in [6.07, 6.45) is 1.81. The number of carbonyl (C=O) groups is 1. The fraction of sp³-hybridized carbons (Fsp3) is 0.348. The number of benzene rings is 2. The molecule has 1 aliphatic rings. The van der Waals surface area contributed by atoms with Crippen molar-refractivity contribution in [2.45, 2.75) is 31.4 Å².